The summed E-state index contributed by atoms with van der Waals surface area (Å²) in [4.78, 5) is 27.2. The summed E-state index contributed by atoms with van der Waals surface area (Å²) in [6, 6.07) is 1.73. The molecule has 0 atom stereocenters. The van der Waals surface area contributed by atoms with E-state index in [1.54, 1.807) is 25.4 Å². The van der Waals surface area contributed by atoms with E-state index in [-0.39, 0.29) is 5.82 Å². The maximum atomic E-state index is 11.0. The van der Waals surface area contributed by atoms with Gasteiger partial charge in [0.2, 0.25) is 0 Å². The maximum Gasteiger partial charge on any atom is 0.343 e. The molecule has 0 N–H and O–H groups in total. The second kappa shape index (κ2) is 5.37. The first kappa shape index (κ1) is 13.3. The van der Waals surface area contributed by atoms with Gasteiger partial charge >= 0.3 is 5.82 Å². The molecule has 0 fully saturated rings. The van der Waals surface area contributed by atoms with Crippen molar-refractivity contribution in [1.29, 1.82) is 0 Å². The Morgan fingerprint density at radius 3 is 2.81 bits per heavy atom. The van der Waals surface area contributed by atoms with Crippen LogP contribution in [0.15, 0.2) is 30.0 Å². The number of thiazole rings is 1. The molecule has 3 aromatic heterocycles. The van der Waals surface area contributed by atoms with Crippen molar-refractivity contribution in [3.05, 3.63) is 51.7 Å². The van der Waals surface area contributed by atoms with Gasteiger partial charge in [0.05, 0.1) is 5.69 Å². The number of nitrogens with zero attached hydrogens (tertiary/aromatic N) is 6. The predicted octanol–water partition coefficient (Wildman–Crippen LogP) is 2.06. The zero-order chi connectivity index (χ0) is 14.8. The smallest absolute Gasteiger partial charge is 0.343 e. The van der Waals surface area contributed by atoms with Gasteiger partial charge in [-0.15, -0.1) is 11.3 Å². The molecule has 106 valence electrons. The van der Waals surface area contributed by atoms with Gasteiger partial charge in [-0.05, 0) is 11.0 Å². The molecule has 9 heteroatoms. The van der Waals surface area contributed by atoms with E-state index in [0.717, 1.165) is 0 Å². The number of hydrogen-bond acceptors (Lipinski definition) is 7. The Labute approximate surface area is 123 Å². The largest absolute Gasteiger partial charge is 0.358 e. The van der Waals surface area contributed by atoms with Gasteiger partial charge in [-0.2, -0.15) is 0 Å². The molecular formula is C12H10N6O2S. The first-order chi connectivity index (χ1) is 10.1. The Morgan fingerprint density at radius 2 is 2.10 bits per heavy atom. The molecule has 0 radical (unpaired) electrons. The lowest BCUT2D eigenvalue weighted by Crippen LogP contribution is -2.06. The van der Waals surface area contributed by atoms with Crippen LogP contribution in [0.2, 0.25) is 0 Å². The molecule has 3 aromatic rings. The van der Waals surface area contributed by atoms with Crippen LogP contribution in [0.1, 0.15) is 11.5 Å². The molecule has 0 saturated carbocycles. The SMILES string of the molecule is Cc1ncc([N+](=O)[O-])n1Cc1csc(-c2ncccn2)n1. The zero-order valence-electron chi connectivity index (χ0n) is 11.0. The molecule has 0 unspecified atom stereocenters. The Kier molecular flexibility index (Phi) is 3.40. The van der Waals surface area contributed by atoms with Gasteiger partial charge in [0, 0.05) is 24.7 Å². The van der Waals surface area contributed by atoms with Crippen LogP contribution >= 0.6 is 11.3 Å². The van der Waals surface area contributed by atoms with Crippen LogP contribution in [0.25, 0.3) is 10.8 Å². The van der Waals surface area contributed by atoms with Crippen molar-refractivity contribution >= 4 is 17.2 Å². The number of rotatable bonds is 4. The van der Waals surface area contributed by atoms with E-state index < -0.39 is 4.92 Å². The standard InChI is InChI=1S/C12H10N6O2S/c1-8-15-5-10(18(19)20)17(8)6-9-7-21-12(16-9)11-13-3-2-4-14-11/h2-5,7H,6H2,1H3. The third-order valence-electron chi connectivity index (χ3n) is 2.85. The third kappa shape index (κ3) is 2.63. The Hall–Kier alpha value is -2.68. The van der Waals surface area contributed by atoms with Gasteiger partial charge in [0.25, 0.3) is 0 Å². The predicted molar refractivity (Wildman–Crippen MR) is 75.9 cm³/mol. The highest BCUT2D eigenvalue weighted by Gasteiger charge is 2.19. The fourth-order valence-electron chi connectivity index (χ4n) is 1.85. The number of imidazole rings is 1. The second-order valence-corrected chi connectivity index (χ2v) is 5.08. The third-order valence-corrected chi connectivity index (χ3v) is 3.74. The fourth-order valence-corrected chi connectivity index (χ4v) is 2.61. The van der Waals surface area contributed by atoms with Crippen LogP contribution < -0.4 is 0 Å². The lowest BCUT2D eigenvalue weighted by molar-refractivity contribution is -0.392. The molecule has 3 rings (SSSR count). The molecular weight excluding hydrogens is 292 g/mol. The maximum absolute atomic E-state index is 11.0. The van der Waals surface area contributed by atoms with Crippen LogP contribution in [0.4, 0.5) is 5.82 Å². The molecule has 0 spiro atoms. The van der Waals surface area contributed by atoms with E-state index in [1.807, 2.05) is 5.38 Å². The lowest BCUT2D eigenvalue weighted by Gasteiger charge is -2.00. The summed E-state index contributed by atoms with van der Waals surface area (Å²) in [5, 5.41) is 13.5. The number of aromatic nitrogens is 5. The molecule has 8 nitrogen and oxygen atoms in total. The number of hydrogen-bond donors (Lipinski definition) is 0. The molecule has 0 aliphatic carbocycles. The van der Waals surface area contributed by atoms with Crippen molar-refractivity contribution in [3.63, 3.8) is 0 Å². The second-order valence-electron chi connectivity index (χ2n) is 4.22. The van der Waals surface area contributed by atoms with Gasteiger partial charge < -0.3 is 10.1 Å². The quantitative estimate of drug-likeness (QED) is 0.540. The monoisotopic (exact) mass is 302 g/mol. The van der Waals surface area contributed by atoms with Crippen LogP contribution in [0.3, 0.4) is 0 Å². The molecule has 0 amide bonds. The van der Waals surface area contributed by atoms with E-state index in [2.05, 4.69) is 19.9 Å². The van der Waals surface area contributed by atoms with Crippen molar-refractivity contribution in [2.45, 2.75) is 13.5 Å². The summed E-state index contributed by atoms with van der Waals surface area (Å²) in [6.45, 7) is 2.02. The number of aryl methyl sites for hydroxylation is 1. The zero-order valence-corrected chi connectivity index (χ0v) is 11.8. The summed E-state index contributed by atoms with van der Waals surface area (Å²) in [7, 11) is 0. The van der Waals surface area contributed by atoms with E-state index in [4.69, 9.17) is 0 Å². The van der Waals surface area contributed by atoms with Crippen molar-refractivity contribution in [3.8, 4) is 10.8 Å². The van der Waals surface area contributed by atoms with E-state index >= 15 is 0 Å². The minimum absolute atomic E-state index is 0.0435. The molecule has 0 bridgehead atoms. The minimum atomic E-state index is -0.451. The van der Waals surface area contributed by atoms with E-state index in [0.29, 0.717) is 28.9 Å². The number of nitro groups is 1. The summed E-state index contributed by atoms with van der Waals surface area (Å²) in [6.07, 6.45) is 4.55. The van der Waals surface area contributed by atoms with Gasteiger partial charge in [0.1, 0.15) is 12.7 Å². The Balaban J connectivity index is 1.89. The average Bonchev–Trinajstić information content (AvgIpc) is 3.08. The summed E-state index contributed by atoms with van der Waals surface area (Å²) in [5.74, 6) is 1.08. The van der Waals surface area contributed by atoms with Crippen molar-refractivity contribution in [2.24, 2.45) is 0 Å². The molecule has 21 heavy (non-hydrogen) atoms. The summed E-state index contributed by atoms with van der Waals surface area (Å²) < 4.78 is 1.52. The van der Waals surface area contributed by atoms with Crippen molar-refractivity contribution < 1.29 is 4.92 Å². The molecule has 0 aromatic carbocycles. The topological polar surface area (TPSA) is 99.6 Å². The lowest BCUT2D eigenvalue weighted by atomic mass is 10.4. The highest BCUT2D eigenvalue weighted by atomic mass is 32.1. The van der Waals surface area contributed by atoms with E-state index in [9.17, 15) is 10.1 Å². The van der Waals surface area contributed by atoms with Crippen LogP contribution in [0, 0.1) is 17.0 Å². The van der Waals surface area contributed by atoms with E-state index in [1.165, 1.54) is 22.1 Å². The van der Waals surface area contributed by atoms with Crippen LogP contribution in [0.5, 0.6) is 0 Å². The molecule has 0 aliphatic heterocycles. The average molecular weight is 302 g/mol. The van der Waals surface area contributed by atoms with Gasteiger partial charge in [-0.3, -0.25) is 0 Å². The van der Waals surface area contributed by atoms with Gasteiger partial charge in [-0.25, -0.2) is 24.5 Å². The highest BCUT2D eigenvalue weighted by molar-refractivity contribution is 7.13. The molecule has 0 aliphatic rings. The Morgan fingerprint density at radius 1 is 1.33 bits per heavy atom. The molecule has 3 heterocycles. The first-order valence-corrected chi connectivity index (χ1v) is 6.91. The summed E-state index contributed by atoms with van der Waals surface area (Å²) >= 11 is 1.40. The molecule has 0 saturated heterocycles. The van der Waals surface area contributed by atoms with Crippen LogP contribution in [-0.2, 0) is 6.54 Å². The van der Waals surface area contributed by atoms with Gasteiger partial charge in [-0.1, -0.05) is 0 Å². The Bertz CT molecular complexity index is 782. The normalized spacial score (nSPS) is 10.7. The fraction of sp³-hybridized carbons (Fsp3) is 0.167. The first-order valence-electron chi connectivity index (χ1n) is 6.03. The minimum Gasteiger partial charge on any atom is -0.358 e. The van der Waals surface area contributed by atoms with Crippen LogP contribution in [-0.4, -0.2) is 29.4 Å². The van der Waals surface area contributed by atoms with Gasteiger partial charge in [0.15, 0.2) is 16.7 Å². The van der Waals surface area contributed by atoms with Crippen molar-refractivity contribution in [1.82, 2.24) is 24.5 Å². The summed E-state index contributed by atoms with van der Waals surface area (Å²) in [5.41, 5.74) is 0.714. The highest BCUT2D eigenvalue weighted by Crippen LogP contribution is 2.22. The van der Waals surface area contributed by atoms with Crippen molar-refractivity contribution in [2.75, 3.05) is 0 Å².